The minimum absolute atomic E-state index is 0.527. The van der Waals surface area contributed by atoms with Crippen LogP contribution in [0.5, 0.6) is 0 Å². The predicted molar refractivity (Wildman–Crippen MR) is 43.4 cm³/mol. The molecule has 0 unspecified atom stereocenters. The fraction of sp³-hybridized carbons (Fsp3) is 0.143. The second-order valence-electron chi connectivity index (χ2n) is 2.48. The van der Waals surface area contributed by atoms with Gasteiger partial charge in [0.15, 0.2) is 0 Å². The smallest absolute Gasteiger partial charge is 0.352 e. The van der Waals surface area contributed by atoms with E-state index >= 15 is 0 Å². The summed E-state index contributed by atoms with van der Waals surface area (Å²) < 4.78 is 24.6. The lowest BCUT2D eigenvalue weighted by Crippen LogP contribution is -2.17. The SMILES string of the molecule is Nc1cc(=O)[nH]c(C(=O)O)c1C(F)F. The van der Waals surface area contributed by atoms with Crippen molar-refractivity contribution in [2.24, 2.45) is 0 Å². The maximum absolute atomic E-state index is 12.3. The van der Waals surface area contributed by atoms with Crippen LogP contribution >= 0.6 is 0 Å². The largest absolute Gasteiger partial charge is 0.477 e. The summed E-state index contributed by atoms with van der Waals surface area (Å²) in [6.45, 7) is 0. The number of halogens is 2. The first kappa shape index (κ1) is 10.2. The molecule has 0 radical (unpaired) electrons. The molecule has 1 heterocycles. The highest BCUT2D eigenvalue weighted by Crippen LogP contribution is 2.25. The number of aromatic carboxylic acids is 1. The maximum atomic E-state index is 12.3. The van der Waals surface area contributed by atoms with Gasteiger partial charge in [0.2, 0.25) is 0 Å². The van der Waals surface area contributed by atoms with E-state index in [1.807, 2.05) is 0 Å². The fourth-order valence-corrected chi connectivity index (χ4v) is 0.994. The number of hydrogen-bond donors (Lipinski definition) is 3. The van der Waals surface area contributed by atoms with Gasteiger partial charge in [0.05, 0.1) is 5.56 Å². The molecule has 0 amide bonds. The number of rotatable bonds is 2. The second kappa shape index (κ2) is 3.44. The summed E-state index contributed by atoms with van der Waals surface area (Å²) in [6, 6.07) is 0.716. The summed E-state index contributed by atoms with van der Waals surface area (Å²) >= 11 is 0. The molecular weight excluding hydrogens is 198 g/mol. The Morgan fingerprint density at radius 3 is 2.57 bits per heavy atom. The van der Waals surface area contributed by atoms with Crippen LogP contribution in [0.1, 0.15) is 22.5 Å². The molecule has 1 rings (SSSR count). The van der Waals surface area contributed by atoms with E-state index in [1.165, 1.54) is 0 Å². The molecule has 0 bridgehead atoms. The van der Waals surface area contributed by atoms with E-state index in [2.05, 4.69) is 0 Å². The number of carboxylic acid groups (broad SMARTS) is 1. The molecule has 0 aliphatic rings. The van der Waals surface area contributed by atoms with Gasteiger partial charge in [-0.2, -0.15) is 0 Å². The third-order valence-corrected chi connectivity index (χ3v) is 1.55. The first-order valence-electron chi connectivity index (χ1n) is 3.47. The van der Waals surface area contributed by atoms with Crippen molar-refractivity contribution in [1.29, 1.82) is 0 Å². The van der Waals surface area contributed by atoms with Crippen molar-refractivity contribution in [2.45, 2.75) is 6.43 Å². The van der Waals surface area contributed by atoms with Crippen LogP contribution in [0.25, 0.3) is 0 Å². The van der Waals surface area contributed by atoms with E-state index < -0.39 is 34.9 Å². The number of carboxylic acids is 1. The number of nitrogens with one attached hydrogen (secondary N) is 1. The van der Waals surface area contributed by atoms with E-state index in [-0.39, 0.29) is 0 Å². The van der Waals surface area contributed by atoms with Crippen molar-refractivity contribution in [1.82, 2.24) is 4.98 Å². The van der Waals surface area contributed by atoms with Crippen molar-refractivity contribution in [3.8, 4) is 0 Å². The van der Waals surface area contributed by atoms with Gasteiger partial charge in [-0.3, -0.25) is 4.79 Å². The van der Waals surface area contributed by atoms with Gasteiger partial charge in [-0.05, 0) is 0 Å². The van der Waals surface area contributed by atoms with Crippen LogP contribution in [0.15, 0.2) is 10.9 Å². The summed E-state index contributed by atoms with van der Waals surface area (Å²) in [4.78, 5) is 23.0. The van der Waals surface area contributed by atoms with Gasteiger partial charge in [0.1, 0.15) is 5.69 Å². The molecule has 0 saturated heterocycles. The van der Waals surface area contributed by atoms with Crippen molar-refractivity contribution in [3.05, 3.63) is 27.7 Å². The average Bonchev–Trinajstić information content (AvgIpc) is 2.01. The molecule has 4 N–H and O–H groups in total. The van der Waals surface area contributed by atoms with Crippen LogP contribution in [-0.2, 0) is 0 Å². The topological polar surface area (TPSA) is 96.2 Å². The number of carbonyl (C=O) groups is 1. The molecule has 76 valence electrons. The minimum Gasteiger partial charge on any atom is -0.477 e. The van der Waals surface area contributed by atoms with Crippen LogP contribution in [0.4, 0.5) is 14.5 Å². The lowest BCUT2D eigenvalue weighted by Gasteiger charge is -2.06. The van der Waals surface area contributed by atoms with Crippen LogP contribution in [-0.4, -0.2) is 16.1 Å². The quantitative estimate of drug-likeness (QED) is 0.656. The number of aromatic amines is 1. The molecule has 1 aromatic rings. The number of H-pyrrole nitrogens is 1. The van der Waals surface area contributed by atoms with Crippen LogP contribution in [0.3, 0.4) is 0 Å². The van der Waals surface area contributed by atoms with Crippen molar-refractivity contribution in [3.63, 3.8) is 0 Å². The van der Waals surface area contributed by atoms with Gasteiger partial charge < -0.3 is 15.8 Å². The highest BCUT2D eigenvalue weighted by Gasteiger charge is 2.22. The highest BCUT2D eigenvalue weighted by atomic mass is 19.3. The van der Waals surface area contributed by atoms with Gasteiger partial charge in [-0.15, -0.1) is 0 Å². The normalized spacial score (nSPS) is 10.5. The molecule has 0 spiro atoms. The number of alkyl halides is 2. The predicted octanol–water partition coefficient (Wildman–Crippen LogP) is 0.593. The maximum Gasteiger partial charge on any atom is 0.352 e. The molecular formula is C7H6F2N2O3. The first-order chi connectivity index (χ1) is 6.43. The van der Waals surface area contributed by atoms with E-state index in [4.69, 9.17) is 10.8 Å². The molecule has 0 aliphatic carbocycles. The van der Waals surface area contributed by atoms with Gasteiger partial charge in [-0.1, -0.05) is 0 Å². The molecule has 1 aromatic heterocycles. The second-order valence-corrected chi connectivity index (χ2v) is 2.48. The lowest BCUT2D eigenvalue weighted by atomic mass is 10.1. The number of pyridine rings is 1. The van der Waals surface area contributed by atoms with E-state index in [1.54, 1.807) is 4.98 Å². The van der Waals surface area contributed by atoms with Crippen molar-refractivity contribution < 1.29 is 18.7 Å². The number of anilines is 1. The third kappa shape index (κ3) is 1.70. The Kier molecular flexibility index (Phi) is 2.50. The summed E-state index contributed by atoms with van der Waals surface area (Å²) in [5.74, 6) is -1.65. The monoisotopic (exact) mass is 204 g/mol. The highest BCUT2D eigenvalue weighted by molar-refractivity contribution is 5.88. The minimum atomic E-state index is -3.04. The Morgan fingerprint density at radius 1 is 1.57 bits per heavy atom. The Bertz CT molecular complexity index is 427. The number of nitrogen functional groups attached to an aromatic ring is 1. The first-order valence-corrected chi connectivity index (χ1v) is 3.47. The molecule has 0 aliphatic heterocycles. The zero-order valence-electron chi connectivity index (χ0n) is 6.75. The fourth-order valence-electron chi connectivity index (χ4n) is 0.994. The van der Waals surface area contributed by atoms with Gasteiger partial charge in [0, 0.05) is 11.8 Å². The molecule has 7 heteroatoms. The Balaban J connectivity index is 3.52. The van der Waals surface area contributed by atoms with Crippen LogP contribution in [0.2, 0.25) is 0 Å². The molecule has 14 heavy (non-hydrogen) atoms. The van der Waals surface area contributed by atoms with E-state index in [0.717, 1.165) is 0 Å². The summed E-state index contributed by atoms with van der Waals surface area (Å²) in [5, 5.41) is 8.50. The number of aromatic nitrogens is 1. The average molecular weight is 204 g/mol. The molecule has 0 aromatic carbocycles. The van der Waals surface area contributed by atoms with Crippen LogP contribution < -0.4 is 11.3 Å². The van der Waals surface area contributed by atoms with Gasteiger partial charge >= 0.3 is 5.97 Å². The third-order valence-electron chi connectivity index (χ3n) is 1.55. The van der Waals surface area contributed by atoms with Gasteiger partial charge in [0.25, 0.3) is 12.0 Å². The standard InChI is InChI=1S/C7H6F2N2O3/c8-6(9)4-2(10)1-3(12)11-5(4)7(13)14/h1,6H,(H,13,14)(H3,10,11,12). The van der Waals surface area contributed by atoms with E-state index in [9.17, 15) is 18.4 Å². The van der Waals surface area contributed by atoms with Crippen molar-refractivity contribution >= 4 is 11.7 Å². The Morgan fingerprint density at radius 2 is 2.14 bits per heavy atom. The molecule has 0 fully saturated rings. The van der Waals surface area contributed by atoms with E-state index in [0.29, 0.717) is 6.07 Å². The summed E-state index contributed by atoms with van der Waals surface area (Å²) in [7, 11) is 0. The summed E-state index contributed by atoms with van der Waals surface area (Å²) in [6.07, 6.45) is -3.04. The zero-order chi connectivity index (χ0) is 10.9. The van der Waals surface area contributed by atoms with Crippen LogP contribution in [0, 0.1) is 0 Å². The number of nitrogens with two attached hydrogens (primary N) is 1. The zero-order valence-corrected chi connectivity index (χ0v) is 6.75. The van der Waals surface area contributed by atoms with Gasteiger partial charge in [-0.25, -0.2) is 13.6 Å². The number of hydrogen-bond acceptors (Lipinski definition) is 3. The van der Waals surface area contributed by atoms with Crippen molar-refractivity contribution in [2.75, 3.05) is 5.73 Å². The Hall–Kier alpha value is -1.92. The lowest BCUT2D eigenvalue weighted by molar-refractivity contribution is 0.0677. The molecule has 0 saturated carbocycles. The Labute approximate surface area is 76.2 Å². The molecule has 5 nitrogen and oxygen atoms in total. The molecule has 0 atom stereocenters. The summed E-state index contributed by atoms with van der Waals surface area (Å²) in [5.41, 5.74) is 2.01.